The molecule has 0 unspecified atom stereocenters. The van der Waals surface area contributed by atoms with Crippen LogP contribution in [0.1, 0.15) is 22.9 Å². The fraction of sp³-hybridized carbons (Fsp3) is 0.206. The van der Waals surface area contributed by atoms with Crippen LogP contribution in [0.5, 0.6) is 5.75 Å². The molecule has 0 spiro atoms. The number of H-pyrrole nitrogens is 1. The van der Waals surface area contributed by atoms with E-state index in [0.29, 0.717) is 5.56 Å². The lowest BCUT2D eigenvalue weighted by Gasteiger charge is -2.29. The minimum absolute atomic E-state index is 0.00116. The van der Waals surface area contributed by atoms with Crippen LogP contribution < -0.4 is 20.9 Å². The summed E-state index contributed by atoms with van der Waals surface area (Å²) in [5.74, 6) is 2.03. The summed E-state index contributed by atoms with van der Waals surface area (Å²) in [6, 6.07) is 25.5. The molecular formula is C34H32N3O8P. The molecule has 2 N–H and O–H groups in total. The van der Waals surface area contributed by atoms with Gasteiger partial charge in [0.2, 0.25) is 0 Å². The van der Waals surface area contributed by atoms with E-state index in [-0.39, 0.29) is 18.8 Å². The number of nitrogens with zero attached hydrogens (tertiary/aromatic N) is 1. The van der Waals surface area contributed by atoms with Gasteiger partial charge in [0.05, 0.1) is 0 Å². The Morgan fingerprint density at radius 2 is 1.67 bits per heavy atom. The first-order valence-electron chi connectivity index (χ1n) is 14.4. The van der Waals surface area contributed by atoms with E-state index in [9.17, 15) is 18.9 Å². The zero-order valence-electron chi connectivity index (χ0n) is 24.9. The molecule has 236 valence electrons. The van der Waals surface area contributed by atoms with E-state index in [0.717, 1.165) is 11.1 Å². The maximum absolute atomic E-state index is 14.5. The van der Waals surface area contributed by atoms with Gasteiger partial charge in [-0.1, -0.05) is 84.8 Å². The van der Waals surface area contributed by atoms with E-state index in [1.165, 1.54) is 22.9 Å². The second-order valence-corrected chi connectivity index (χ2v) is 12.2. The van der Waals surface area contributed by atoms with Crippen molar-refractivity contribution in [3.63, 3.8) is 0 Å². The number of benzene rings is 3. The zero-order chi connectivity index (χ0) is 32.6. The largest absolute Gasteiger partial charge is 0.460 e. The number of ether oxygens (including phenoxy) is 2. The Labute approximate surface area is 265 Å². The van der Waals surface area contributed by atoms with Gasteiger partial charge in [-0.05, 0) is 48.8 Å². The first kappa shape index (κ1) is 32.4. The van der Waals surface area contributed by atoms with Gasteiger partial charge >= 0.3 is 19.4 Å². The number of nitrogens with one attached hydrogen (secondary N) is 2. The second-order valence-electron chi connectivity index (χ2n) is 10.5. The number of aryl methyl sites for hydroxylation is 1. The number of hydrogen-bond acceptors (Lipinski definition) is 8. The van der Waals surface area contributed by atoms with Gasteiger partial charge in [0, 0.05) is 11.8 Å². The van der Waals surface area contributed by atoms with Crippen molar-refractivity contribution in [3.05, 3.63) is 147 Å². The van der Waals surface area contributed by atoms with Gasteiger partial charge in [-0.25, -0.2) is 9.36 Å². The molecule has 11 nitrogen and oxygen atoms in total. The summed E-state index contributed by atoms with van der Waals surface area (Å²) in [4.78, 5) is 40.0. The van der Waals surface area contributed by atoms with Crippen LogP contribution in [-0.2, 0) is 36.4 Å². The summed E-state index contributed by atoms with van der Waals surface area (Å²) in [6.45, 7) is 1.06. The average molecular weight is 642 g/mol. The zero-order valence-corrected chi connectivity index (χ0v) is 25.8. The van der Waals surface area contributed by atoms with Crippen LogP contribution in [0.4, 0.5) is 0 Å². The minimum atomic E-state index is -4.38. The van der Waals surface area contributed by atoms with Gasteiger partial charge in [-0.2, -0.15) is 5.09 Å². The SMILES string of the molecule is C#C[C@@]1(CO[P@@](=O)(N[C@@H](Cc2ccccc2)C(=O)OCc2ccccc2)Oc2ccccc2)C=C[C@H](n2cc(C)c(=O)[nH]c2=O)O1. The Balaban J connectivity index is 1.39. The molecule has 0 fully saturated rings. The molecule has 12 heteroatoms. The van der Waals surface area contributed by atoms with Crippen molar-refractivity contribution >= 4 is 13.7 Å². The van der Waals surface area contributed by atoms with Gasteiger partial charge < -0.3 is 14.0 Å². The molecule has 2 heterocycles. The molecule has 1 aliphatic heterocycles. The summed E-state index contributed by atoms with van der Waals surface area (Å²) in [5.41, 5.74) is -0.950. The molecule has 0 radical (unpaired) electrons. The third kappa shape index (κ3) is 8.18. The highest BCUT2D eigenvalue weighted by molar-refractivity contribution is 7.52. The summed E-state index contributed by atoms with van der Waals surface area (Å²) in [7, 11) is -4.38. The second kappa shape index (κ2) is 14.4. The Hall–Kier alpha value is -4.98. The number of hydrogen-bond donors (Lipinski definition) is 2. The van der Waals surface area contributed by atoms with Crippen molar-refractivity contribution in [2.75, 3.05) is 6.61 Å². The molecular weight excluding hydrogens is 609 g/mol. The Morgan fingerprint density at radius 3 is 2.33 bits per heavy atom. The van der Waals surface area contributed by atoms with E-state index < -0.39 is 49.4 Å². The maximum atomic E-state index is 14.5. The van der Waals surface area contributed by atoms with Crippen LogP contribution in [-0.4, -0.2) is 33.8 Å². The van der Waals surface area contributed by atoms with Gasteiger partial charge in [0.1, 0.15) is 25.0 Å². The number of rotatable bonds is 13. The van der Waals surface area contributed by atoms with Gasteiger partial charge in [-0.3, -0.25) is 23.7 Å². The molecule has 3 aromatic carbocycles. The maximum Gasteiger partial charge on any atom is 0.459 e. The highest BCUT2D eigenvalue weighted by Gasteiger charge is 2.41. The lowest BCUT2D eigenvalue weighted by molar-refractivity contribution is -0.147. The molecule has 4 aromatic rings. The Morgan fingerprint density at radius 1 is 1.04 bits per heavy atom. The third-order valence-electron chi connectivity index (χ3n) is 7.05. The molecule has 0 bridgehead atoms. The molecule has 1 aromatic heterocycles. The molecule has 0 saturated heterocycles. The van der Waals surface area contributed by atoms with Crippen LogP contribution in [0.15, 0.2) is 119 Å². The summed E-state index contributed by atoms with van der Waals surface area (Å²) in [6.07, 6.45) is 9.34. The van der Waals surface area contributed by atoms with Crippen LogP contribution >= 0.6 is 7.75 Å². The Bertz CT molecular complexity index is 1890. The lowest BCUT2D eigenvalue weighted by atomic mass is 10.1. The van der Waals surface area contributed by atoms with Gasteiger partial charge in [0.15, 0.2) is 11.8 Å². The predicted molar refractivity (Wildman–Crippen MR) is 171 cm³/mol. The number of para-hydroxylation sites is 1. The third-order valence-corrected chi connectivity index (χ3v) is 8.60. The molecule has 4 atom stereocenters. The van der Waals surface area contributed by atoms with Crippen molar-refractivity contribution in [1.29, 1.82) is 0 Å². The first-order valence-corrected chi connectivity index (χ1v) is 15.9. The molecule has 5 rings (SSSR count). The number of esters is 1. The first-order chi connectivity index (χ1) is 22.2. The fourth-order valence-corrected chi connectivity index (χ4v) is 6.12. The summed E-state index contributed by atoms with van der Waals surface area (Å²) in [5, 5.41) is 2.79. The number of carbonyl (C=O) groups is 1. The van der Waals surface area contributed by atoms with Crippen molar-refractivity contribution in [1.82, 2.24) is 14.6 Å². The van der Waals surface area contributed by atoms with Gasteiger partial charge in [0.25, 0.3) is 5.56 Å². The van der Waals surface area contributed by atoms with Crippen molar-refractivity contribution in [2.24, 2.45) is 0 Å². The lowest BCUT2D eigenvalue weighted by Crippen LogP contribution is -2.41. The van der Waals surface area contributed by atoms with Crippen LogP contribution in [0.25, 0.3) is 0 Å². The van der Waals surface area contributed by atoms with Crippen molar-refractivity contribution in [2.45, 2.75) is 37.8 Å². The number of terminal acetylenes is 1. The summed E-state index contributed by atoms with van der Waals surface area (Å²) < 4.78 is 39.0. The molecule has 0 amide bonds. The summed E-state index contributed by atoms with van der Waals surface area (Å²) >= 11 is 0. The van der Waals surface area contributed by atoms with Gasteiger partial charge in [-0.15, -0.1) is 6.42 Å². The van der Waals surface area contributed by atoms with Crippen molar-refractivity contribution in [3.8, 4) is 18.1 Å². The number of aromatic nitrogens is 2. The monoisotopic (exact) mass is 641 g/mol. The number of carbonyl (C=O) groups excluding carboxylic acids is 1. The molecule has 1 aliphatic rings. The van der Waals surface area contributed by atoms with Crippen LogP contribution in [0.3, 0.4) is 0 Å². The average Bonchev–Trinajstić information content (AvgIpc) is 3.50. The van der Waals surface area contributed by atoms with Crippen molar-refractivity contribution < 1.29 is 27.9 Å². The standard InChI is InChI=1S/C34H32N3O8P/c1-3-34(20-19-30(44-34)37-22-25(2)31(38)35-33(37)40)24-43-46(41,45-28-17-11-6-12-18-28)36-29(21-26-13-7-4-8-14-26)32(39)42-23-27-15-9-5-10-16-27/h1,4-20,22,29-30H,21,23-24H2,2H3,(H,36,41)(H,35,38,40)/t29-,30+,34-,46-/m0/s1. The smallest absolute Gasteiger partial charge is 0.459 e. The van der Waals surface area contributed by atoms with E-state index in [2.05, 4.69) is 16.0 Å². The molecule has 46 heavy (non-hydrogen) atoms. The van der Waals surface area contributed by atoms with E-state index >= 15 is 0 Å². The highest BCUT2D eigenvalue weighted by Crippen LogP contribution is 2.47. The van der Waals surface area contributed by atoms with E-state index in [1.54, 1.807) is 37.3 Å². The minimum Gasteiger partial charge on any atom is -0.460 e. The van der Waals surface area contributed by atoms with E-state index in [1.807, 2.05) is 60.7 Å². The van der Waals surface area contributed by atoms with Crippen LogP contribution in [0.2, 0.25) is 0 Å². The molecule has 0 saturated carbocycles. The highest BCUT2D eigenvalue weighted by atomic mass is 31.2. The Kier molecular flexibility index (Phi) is 10.2. The normalized spacial score (nSPS) is 19.1. The molecule has 0 aliphatic carbocycles. The van der Waals surface area contributed by atoms with E-state index in [4.69, 9.17) is 24.9 Å². The topological polar surface area (TPSA) is 138 Å². The number of aromatic amines is 1. The predicted octanol–water partition coefficient (Wildman–Crippen LogP) is 4.45. The quantitative estimate of drug-likeness (QED) is 0.0939. The fourth-order valence-electron chi connectivity index (χ4n) is 4.60. The van der Waals surface area contributed by atoms with Crippen LogP contribution in [0, 0.1) is 19.3 Å².